The van der Waals surface area contributed by atoms with Gasteiger partial charge in [-0.2, -0.15) is 0 Å². The summed E-state index contributed by atoms with van der Waals surface area (Å²) in [6.07, 6.45) is 2.37. The van der Waals surface area contributed by atoms with Gasteiger partial charge in [0.05, 0.1) is 19.3 Å². The molecule has 2 N–H and O–H groups in total. The standard InChI is InChI=1S/C25H26N4O2/c30-24(21-11-5-2-6-12-21)27-22(19-20-9-3-1-4-10-20)25(31)29-17-15-28(16-18-29)23-13-7-8-14-26-23/h1-14,22H,15-19H2,(H,27,30)/p+1/t22-/m1/s1. The number of carbonyl (C=O) groups is 2. The topological polar surface area (TPSA) is 66.8 Å². The van der Waals surface area contributed by atoms with Gasteiger partial charge in [-0.15, -0.1) is 0 Å². The lowest BCUT2D eigenvalue weighted by atomic mass is 10.0. The number of nitrogens with one attached hydrogen (secondary N) is 2. The zero-order chi connectivity index (χ0) is 21.5. The van der Waals surface area contributed by atoms with Gasteiger partial charge in [-0.3, -0.25) is 14.5 Å². The SMILES string of the molecule is O=C(N[C@H](Cc1ccccc1)C(=O)N1CCN(c2cccc[nH+]2)CC1)c1ccccc1. The second-order valence-electron chi connectivity index (χ2n) is 7.64. The summed E-state index contributed by atoms with van der Waals surface area (Å²) >= 11 is 0. The number of pyridine rings is 1. The second kappa shape index (κ2) is 9.89. The zero-order valence-electron chi connectivity index (χ0n) is 17.4. The molecule has 0 bridgehead atoms. The minimum Gasteiger partial charge on any atom is -0.340 e. The van der Waals surface area contributed by atoms with Gasteiger partial charge in [-0.1, -0.05) is 54.6 Å². The summed E-state index contributed by atoms with van der Waals surface area (Å²) in [5.41, 5.74) is 1.57. The molecule has 0 radical (unpaired) electrons. The molecule has 3 aromatic rings. The van der Waals surface area contributed by atoms with Crippen molar-refractivity contribution in [2.24, 2.45) is 0 Å². The Morgan fingerprint density at radius 1 is 0.839 bits per heavy atom. The van der Waals surface area contributed by atoms with Crippen molar-refractivity contribution in [3.8, 4) is 0 Å². The van der Waals surface area contributed by atoms with E-state index in [1.807, 2.05) is 77.8 Å². The first-order valence-electron chi connectivity index (χ1n) is 10.6. The molecule has 2 heterocycles. The monoisotopic (exact) mass is 415 g/mol. The van der Waals surface area contributed by atoms with Crippen LogP contribution in [0.4, 0.5) is 5.82 Å². The number of amides is 2. The van der Waals surface area contributed by atoms with Gasteiger partial charge in [0, 0.05) is 18.1 Å². The molecule has 1 aliphatic rings. The first kappa shape index (κ1) is 20.6. The Morgan fingerprint density at radius 2 is 1.48 bits per heavy atom. The first-order chi connectivity index (χ1) is 15.2. The maximum Gasteiger partial charge on any atom is 0.274 e. The van der Waals surface area contributed by atoms with Gasteiger partial charge in [0.25, 0.3) is 11.7 Å². The molecule has 1 fully saturated rings. The molecule has 0 saturated carbocycles. The van der Waals surface area contributed by atoms with Crippen LogP contribution in [0.3, 0.4) is 0 Å². The van der Waals surface area contributed by atoms with Crippen molar-refractivity contribution < 1.29 is 14.6 Å². The van der Waals surface area contributed by atoms with E-state index >= 15 is 0 Å². The fourth-order valence-electron chi connectivity index (χ4n) is 3.85. The highest BCUT2D eigenvalue weighted by Gasteiger charge is 2.31. The van der Waals surface area contributed by atoms with Crippen molar-refractivity contribution in [1.29, 1.82) is 0 Å². The number of aromatic nitrogens is 1. The van der Waals surface area contributed by atoms with Gasteiger partial charge in [-0.25, -0.2) is 4.98 Å². The number of carbonyl (C=O) groups excluding carboxylic acids is 2. The van der Waals surface area contributed by atoms with Crippen LogP contribution in [-0.4, -0.2) is 48.9 Å². The molecule has 31 heavy (non-hydrogen) atoms. The van der Waals surface area contributed by atoms with Crippen LogP contribution in [0.2, 0.25) is 0 Å². The summed E-state index contributed by atoms with van der Waals surface area (Å²) in [6, 6.07) is 24.2. The van der Waals surface area contributed by atoms with E-state index in [1.54, 1.807) is 12.1 Å². The van der Waals surface area contributed by atoms with Crippen LogP contribution in [0, 0.1) is 0 Å². The van der Waals surface area contributed by atoms with Crippen LogP contribution < -0.4 is 15.2 Å². The number of nitrogens with zero attached hydrogens (tertiary/aromatic N) is 2. The fourth-order valence-corrected chi connectivity index (χ4v) is 3.85. The van der Waals surface area contributed by atoms with Gasteiger partial charge >= 0.3 is 0 Å². The number of benzene rings is 2. The zero-order valence-corrected chi connectivity index (χ0v) is 17.4. The van der Waals surface area contributed by atoms with E-state index in [4.69, 9.17) is 0 Å². The van der Waals surface area contributed by atoms with Crippen LogP contribution in [0.1, 0.15) is 15.9 Å². The quantitative estimate of drug-likeness (QED) is 0.671. The number of hydrogen-bond acceptors (Lipinski definition) is 3. The van der Waals surface area contributed by atoms with Crippen LogP contribution in [-0.2, 0) is 11.2 Å². The first-order valence-corrected chi connectivity index (χ1v) is 10.6. The van der Waals surface area contributed by atoms with Crippen molar-refractivity contribution in [3.63, 3.8) is 0 Å². The maximum absolute atomic E-state index is 13.4. The van der Waals surface area contributed by atoms with E-state index in [2.05, 4.69) is 15.2 Å². The highest BCUT2D eigenvalue weighted by molar-refractivity contribution is 5.97. The van der Waals surface area contributed by atoms with Crippen LogP contribution in [0.25, 0.3) is 0 Å². The van der Waals surface area contributed by atoms with E-state index in [0.29, 0.717) is 25.1 Å². The van der Waals surface area contributed by atoms with Gasteiger partial charge in [0.1, 0.15) is 19.1 Å². The highest BCUT2D eigenvalue weighted by atomic mass is 16.2. The Labute approximate surface area is 182 Å². The lowest BCUT2D eigenvalue weighted by Gasteiger charge is -2.33. The predicted octanol–water partition coefficient (Wildman–Crippen LogP) is 2.19. The second-order valence-corrected chi connectivity index (χ2v) is 7.64. The average Bonchev–Trinajstić information content (AvgIpc) is 2.85. The molecule has 158 valence electrons. The largest absolute Gasteiger partial charge is 0.340 e. The average molecular weight is 416 g/mol. The van der Waals surface area contributed by atoms with Crippen molar-refractivity contribution in [3.05, 3.63) is 96.2 Å². The summed E-state index contributed by atoms with van der Waals surface area (Å²) in [6.45, 7) is 2.73. The Hall–Kier alpha value is -3.67. The third kappa shape index (κ3) is 5.28. The number of piperazine rings is 1. The molecule has 4 rings (SSSR count). The van der Waals surface area contributed by atoms with E-state index in [-0.39, 0.29) is 11.8 Å². The lowest BCUT2D eigenvalue weighted by molar-refractivity contribution is -0.364. The fraction of sp³-hybridized carbons (Fsp3) is 0.240. The lowest BCUT2D eigenvalue weighted by Crippen LogP contribution is -2.56. The summed E-state index contributed by atoms with van der Waals surface area (Å²) in [7, 11) is 0. The molecule has 2 aromatic carbocycles. The summed E-state index contributed by atoms with van der Waals surface area (Å²) in [5, 5.41) is 2.97. The van der Waals surface area contributed by atoms with Crippen molar-refractivity contribution >= 4 is 17.6 Å². The number of aromatic amines is 1. The Kier molecular flexibility index (Phi) is 6.57. The maximum atomic E-state index is 13.4. The summed E-state index contributed by atoms with van der Waals surface area (Å²) in [5.74, 6) is 0.782. The molecular formula is C25H27N4O2+. The molecule has 6 nitrogen and oxygen atoms in total. The van der Waals surface area contributed by atoms with Crippen LogP contribution in [0.5, 0.6) is 0 Å². The molecule has 1 aliphatic heterocycles. The Balaban J connectivity index is 1.45. The van der Waals surface area contributed by atoms with E-state index in [9.17, 15) is 9.59 Å². The molecule has 2 amide bonds. The number of hydrogen-bond donors (Lipinski definition) is 1. The Morgan fingerprint density at radius 3 is 2.13 bits per heavy atom. The minimum atomic E-state index is -0.607. The predicted molar refractivity (Wildman–Crippen MR) is 120 cm³/mol. The summed E-state index contributed by atoms with van der Waals surface area (Å²) < 4.78 is 0. The molecule has 1 atom stereocenters. The number of rotatable bonds is 6. The molecule has 0 aliphatic carbocycles. The van der Waals surface area contributed by atoms with Gasteiger partial charge < -0.3 is 10.2 Å². The molecular weight excluding hydrogens is 388 g/mol. The normalized spacial score (nSPS) is 14.7. The third-order valence-corrected chi connectivity index (χ3v) is 5.55. The van der Waals surface area contributed by atoms with Crippen molar-refractivity contribution in [2.45, 2.75) is 12.5 Å². The number of H-pyrrole nitrogens is 1. The molecule has 6 heteroatoms. The van der Waals surface area contributed by atoms with Gasteiger partial charge in [0.15, 0.2) is 0 Å². The summed E-state index contributed by atoms with van der Waals surface area (Å²) in [4.78, 5) is 33.5. The van der Waals surface area contributed by atoms with Crippen LogP contribution in [0.15, 0.2) is 85.1 Å². The minimum absolute atomic E-state index is 0.0372. The Bertz CT molecular complexity index is 988. The van der Waals surface area contributed by atoms with E-state index < -0.39 is 6.04 Å². The smallest absolute Gasteiger partial charge is 0.274 e. The molecule has 1 aromatic heterocycles. The highest BCUT2D eigenvalue weighted by Crippen LogP contribution is 2.13. The number of anilines is 1. The van der Waals surface area contributed by atoms with Crippen molar-refractivity contribution in [1.82, 2.24) is 10.2 Å². The van der Waals surface area contributed by atoms with Crippen LogP contribution >= 0.6 is 0 Å². The molecule has 1 saturated heterocycles. The van der Waals surface area contributed by atoms with Gasteiger partial charge in [0.2, 0.25) is 5.91 Å². The van der Waals surface area contributed by atoms with E-state index in [1.165, 1.54) is 0 Å². The molecule has 0 spiro atoms. The van der Waals surface area contributed by atoms with Crippen molar-refractivity contribution in [2.75, 3.05) is 31.1 Å². The third-order valence-electron chi connectivity index (χ3n) is 5.55. The van der Waals surface area contributed by atoms with E-state index in [0.717, 1.165) is 24.5 Å². The molecule has 0 unspecified atom stereocenters. The van der Waals surface area contributed by atoms with Gasteiger partial charge in [-0.05, 0) is 23.8 Å².